The maximum Gasteiger partial charge on any atom is 0.191 e. The van der Waals surface area contributed by atoms with Crippen LogP contribution in [0.2, 0.25) is 0 Å². The van der Waals surface area contributed by atoms with Crippen LogP contribution in [0.25, 0.3) is 0 Å². The number of hydrogen-bond acceptors (Lipinski definition) is 4. The van der Waals surface area contributed by atoms with Crippen molar-refractivity contribution in [3.8, 4) is 5.75 Å². The third-order valence-corrected chi connectivity index (χ3v) is 3.04. The molecule has 0 saturated carbocycles. The molecule has 0 atom stereocenters. The number of methoxy groups -OCH3 is 1. The molecule has 2 rings (SSSR count). The summed E-state index contributed by atoms with van der Waals surface area (Å²) in [6.07, 6.45) is 1.55. The average molecular weight is 416 g/mol. The first-order chi connectivity index (χ1) is 10.2. The maximum absolute atomic E-state index is 5.39. The van der Waals surface area contributed by atoms with E-state index < -0.39 is 0 Å². The second-order valence-electron chi connectivity index (χ2n) is 4.59. The molecule has 7 heteroatoms. The highest BCUT2D eigenvalue weighted by Crippen LogP contribution is 2.19. The summed E-state index contributed by atoms with van der Waals surface area (Å²) in [5.41, 5.74) is 3.07. The largest absolute Gasteiger partial charge is 0.496 e. The van der Waals surface area contributed by atoms with E-state index in [9.17, 15) is 0 Å². The van der Waals surface area contributed by atoms with Gasteiger partial charge < -0.3 is 19.9 Å². The van der Waals surface area contributed by atoms with Gasteiger partial charge in [-0.05, 0) is 18.6 Å². The summed E-state index contributed by atoms with van der Waals surface area (Å²) in [6.45, 7) is 3.22. The normalized spacial score (nSPS) is 10.8. The van der Waals surface area contributed by atoms with Crippen molar-refractivity contribution in [2.45, 2.75) is 20.0 Å². The van der Waals surface area contributed by atoms with Crippen LogP contribution in [0, 0.1) is 6.92 Å². The number of ether oxygens (including phenoxy) is 1. The van der Waals surface area contributed by atoms with Gasteiger partial charge in [-0.25, -0.2) is 0 Å². The maximum atomic E-state index is 5.39. The molecule has 120 valence electrons. The number of benzene rings is 1. The van der Waals surface area contributed by atoms with Gasteiger partial charge in [0.2, 0.25) is 0 Å². The minimum absolute atomic E-state index is 0. The summed E-state index contributed by atoms with van der Waals surface area (Å²) in [4.78, 5) is 4.17. The number of guanidine groups is 1. The van der Waals surface area contributed by atoms with Gasteiger partial charge in [-0.2, -0.15) is 0 Å². The van der Waals surface area contributed by atoms with Crippen LogP contribution in [0.15, 0.2) is 40.0 Å². The van der Waals surface area contributed by atoms with Crippen LogP contribution >= 0.6 is 24.0 Å². The van der Waals surface area contributed by atoms with Gasteiger partial charge in [0.15, 0.2) is 5.96 Å². The summed E-state index contributed by atoms with van der Waals surface area (Å²) in [7, 11) is 3.40. The fraction of sp³-hybridized carbons (Fsp3) is 0.333. The zero-order valence-electron chi connectivity index (χ0n) is 12.9. The number of nitrogens with zero attached hydrogens (tertiary/aromatic N) is 2. The molecule has 6 nitrogen and oxygen atoms in total. The summed E-state index contributed by atoms with van der Waals surface area (Å²) in [6, 6.07) is 7.93. The number of halogens is 1. The van der Waals surface area contributed by atoms with E-state index in [-0.39, 0.29) is 24.0 Å². The number of nitrogens with one attached hydrogen (secondary N) is 2. The first-order valence-corrected chi connectivity index (χ1v) is 6.70. The van der Waals surface area contributed by atoms with Gasteiger partial charge in [-0.1, -0.05) is 17.3 Å². The molecular weight excluding hydrogens is 395 g/mol. The van der Waals surface area contributed by atoms with Crippen LogP contribution in [0.1, 0.15) is 16.8 Å². The molecule has 0 aliphatic rings. The highest BCUT2D eigenvalue weighted by atomic mass is 127. The molecular formula is C15H21IN4O2. The van der Waals surface area contributed by atoms with Crippen molar-refractivity contribution in [3.63, 3.8) is 0 Å². The van der Waals surface area contributed by atoms with Crippen LogP contribution in [0.5, 0.6) is 5.75 Å². The molecule has 0 aliphatic carbocycles. The molecule has 0 unspecified atom stereocenters. The topological polar surface area (TPSA) is 71.7 Å². The second kappa shape index (κ2) is 9.29. The van der Waals surface area contributed by atoms with Gasteiger partial charge in [0.05, 0.1) is 13.7 Å². The van der Waals surface area contributed by atoms with E-state index in [2.05, 4.69) is 26.8 Å². The molecule has 0 radical (unpaired) electrons. The Morgan fingerprint density at radius 2 is 2.05 bits per heavy atom. The van der Waals surface area contributed by atoms with Crippen LogP contribution < -0.4 is 15.4 Å². The lowest BCUT2D eigenvalue weighted by Crippen LogP contribution is -2.36. The summed E-state index contributed by atoms with van der Waals surface area (Å²) in [5, 5.41) is 10.2. The lowest BCUT2D eigenvalue weighted by atomic mass is 10.1. The zero-order valence-corrected chi connectivity index (χ0v) is 15.3. The minimum Gasteiger partial charge on any atom is -0.496 e. The highest BCUT2D eigenvalue weighted by Gasteiger charge is 2.05. The number of aliphatic imine (C=N–C) groups is 1. The number of hydrogen-bond donors (Lipinski definition) is 2. The summed E-state index contributed by atoms with van der Waals surface area (Å²) >= 11 is 0. The molecule has 2 aromatic rings. The Bertz CT molecular complexity index is 600. The first kappa shape index (κ1) is 18.3. The second-order valence-corrected chi connectivity index (χ2v) is 4.59. The van der Waals surface area contributed by atoms with E-state index in [0.29, 0.717) is 19.0 Å². The van der Waals surface area contributed by atoms with Crippen LogP contribution in [0.4, 0.5) is 0 Å². The first-order valence-electron chi connectivity index (χ1n) is 6.70. The van der Waals surface area contributed by atoms with E-state index in [0.717, 1.165) is 17.0 Å². The van der Waals surface area contributed by atoms with E-state index in [1.165, 1.54) is 5.56 Å². The Morgan fingerprint density at radius 3 is 2.68 bits per heavy atom. The Labute approximate surface area is 147 Å². The molecule has 22 heavy (non-hydrogen) atoms. The molecule has 1 aromatic carbocycles. The van der Waals surface area contributed by atoms with Gasteiger partial charge in [0.1, 0.15) is 17.7 Å². The highest BCUT2D eigenvalue weighted by molar-refractivity contribution is 14.0. The Balaban J connectivity index is 0.00000242. The third-order valence-electron chi connectivity index (χ3n) is 3.04. The quantitative estimate of drug-likeness (QED) is 0.445. The molecule has 1 heterocycles. The van der Waals surface area contributed by atoms with Crippen molar-refractivity contribution in [2.24, 2.45) is 4.99 Å². The van der Waals surface area contributed by atoms with Crippen molar-refractivity contribution in [1.82, 2.24) is 15.8 Å². The summed E-state index contributed by atoms with van der Waals surface area (Å²) < 4.78 is 10.2. The Morgan fingerprint density at radius 1 is 1.27 bits per heavy atom. The predicted molar refractivity (Wildman–Crippen MR) is 96.7 cm³/mol. The van der Waals surface area contributed by atoms with Crippen molar-refractivity contribution in [3.05, 3.63) is 47.3 Å². The van der Waals surface area contributed by atoms with Gasteiger partial charge in [0.25, 0.3) is 0 Å². The third kappa shape index (κ3) is 5.21. The van der Waals surface area contributed by atoms with Gasteiger partial charge >= 0.3 is 0 Å². The molecule has 2 N–H and O–H groups in total. The molecule has 0 fully saturated rings. The Kier molecular flexibility index (Phi) is 7.72. The average Bonchev–Trinajstić information content (AvgIpc) is 3.01. The SMILES string of the molecule is CN=C(NCc1ccon1)NCc1ccc(C)cc1OC.I. The van der Waals surface area contributed by atoms with Crippen LogP contribution in [0.3, 0.4) is 0 Å². The van der Waals surface area contributed by atoms with Gasteiger partial charge in [-0.15, -0.1) is 24.0 Å². The van der Waals surface area contributed by atoms with Crippen LogP contribution in [-0.4, -0.2) is 25.3 Å². The molecule has 0 spiro atoms. The van der Waals surface area contributed by atoms with E-state index in [1.54, 1.807) is 20.4 Å². The lowest BCUT2D eigenvalue weighted by molar-refractivity contribution is 0.408. The number of rotatable bonds is 5. The van der Waals surface area contributed by atoms with E-state index >= 15 is 0 Å². The van der Waals surface area contributed by atoms with Crippen molar-refractivity contribution in [2.75, 3.05) is 14.2 Å². The number of aromatic nitrogens is 1. The standard InChI is InChI=1S/C15H20N4O2.HI/c1-11-4-5-12(14(8-11)20-3)9-17-15(16-2)18-10-13-6-7-21-19-13;/h4-8H,9-10H2,1-3H3,(H2,16,17,18);1H. The zero-order chi connectivity index (χ0) is 15.1. The smallest absolute Gasteiger partial charge is 0.191 e. The van der Waals surface area contributed by atoms with E-state index in [1.807, 2.05) is 25.1 Å². The van der Waals surface area contributed by atoms with E-state index in [4.69, 9.17) is 9.26 Å². The van der Waals surface area contributed by atoms with Crippen molar-refractivity contribution < 1.29 is 9.26 Å². The molecule has 0 amide bonds. The van der Waals surface area contributed by atoms with Crippen molar-refractivity contribution >= 4 is 29.9 Å². The lowest BCUT2D eigenvalue weighted by Gasteiger charge is -2.13. The van der Waals surface area contributed by atoms with Crippen LogP contribution in [-0.2, 0) is 13.1 Å². The Hall–Kier alpha value is -1.77. The van der Waals surface area contributed by atoms with Gasteiger partial charge in [-0.3, -0.25) is 4.99 Å². The fourth-order valence-electron chi connectivity index (χ4n) is 1.90. The molecule has 0 aliphatic heterocycles. The number of aryl methyl sites for hydroxylation is 1. The monoisotopic (exact) mass is 416 g/mol. The minimum atomic E-state index is 0. The van der Waals surface area contributed by atoms with Gasteiger partial charge in [0, 0.05) is 25.2 Å². The molecule has 1 aromatic heterocycles. The van der Waals surface area contributed by atoms with Crippen molar-refractivity contribution in [1.29, 1.82) is 0 Å². The predicted octanol–water partition coefficient (Wildman–Crippen LogP) is 2.47. The summed E-state index contributed by atoms with van der Waals surface area (Å²) in [5.74, 6) is 1.56. The fourth-order valence-corrected chi connectivity index (χ4v) is 1.90. The molecule has 0 bridgehead atoms. The molecule has 0 saturated heterocycles.